The van der Waals surface area contributed by atoms with Crippen LogP contribution in [0.4, 0.5) is 5.69 Å². The molecule has 1 fully saturated rings. The first kappa shape index (κ1) is 23.5. The number of aryl methyl sites for hydroxylation is 1. The minimum Gasteiger partial charge on any atom is -0.346 e. The van der Waals surface area contributed by atoms with Gasteiger partial charge in [-0.1, -0.05) is 24.3 Å². The molecule has 168 valence electrons. The van der Waals surface area contributed by atoms with Gasteiger partial charge in [0.1, 0.15) is 0 Å². The van der Waals surface area contributed by atoms with Crippen molar-refractivity contribution in [1.82, 2.24) is 15.1 Å². The number of nitriles is 1. The number of nitrogens with zero attached hydrogens (tertiary/aromatic N) is 3. The Morgan fingerprint density at radius 2 is 1.69 bits per heavy atom. The van der Waals surface area contributed by atoms with Crippen molar-refractivity contribution in [2.45, 2.75) is 26.8 Å². The van der Waals surface area contributed by atoms with Crippen LogP contribution in [0.1, 0.15) is 28.7 Å². The fourth-order valence-electron chi connectivity index (χ4n) is 3.80. The van der Waals surface area contributed by atoms with E-state index in [0.29, 0.717) is 12.1 Å². The molecule has 0 radical (unpaired) electrons. The molecule has 1 saturated heterocycles. The van der Waals surface area contributed by atoms with E-state index in [-0.39, 0.29) is 18.4 Å². The van der Waals surface area contributed by atoms with Crippen molar-refractivity contribution in [2.75, 3.05) is 44.6 Å². The molecular weight excluding hydrogens is 402 g/mol. The summed E-state index contributed by atoms with van der Waals surface area (Å²) in [5.74, 6) is -0.363. The molecule has 1 aliphatic heterocycles. The second-order valence-corrected chi connectivity index (χ2v) is 8.29. The first-order chi connectivity index (χ1) is 15.4. The monoisotopic (exact) mass is 433 g/mol. The summed E-state index contributed by atoms with van der Waals surface area (Å²) in [6.07, 6.45) is 0.983. The number of nitrogens with one attached hydrogen (secondary N) is 2. The van der Waals surface area contributed by atoms with Gasteiger partial charge in [-0.25, -0.2) is 0 Å². The maximum Gasteiger partial charge on any atom is 0.243 e. The minimum atomic E-state index is -0.225. The van der Waals surface area contributed by atoms with Gasteiger partial charge in [0.05, 0.1) is 24.7 Å². The molecule has 0 aliphatic carbocycles. The van der Waals surface area contributed by atoms with Gasteiger partial charge >= 0.3 is 0 Å². The van der Waals surface area contributed by atoms with Crippen molar-refractivity contribution in [3.8, 4) is 6.07 Å². The van der Waals surface area contributed by atoms with Gasteiger partial charge in [-0.05, 0) is 68.2 Å². The molecule has 2 aromatic carbocycles. The maximum atomic E-state index is 12.4. The number of amides is 2. The molecule has 2 aromatic rings. The number of carbonyl (C=O) groups is 2. The van der Waals surface area contributed by atoms with Gasteiger partial charge in [-0.15, -0.1) is 0 Å². The van der Waals surface area contributed by atoms with Gasteiger partial charge in [0, 0.05) is 25.3 Å². The molecule has 0 unspecified atom stereocenters. The fourth-order valence-corrected chi connectivity index (χ4v) is 3.80. The Bertz CT molecular complexity index is 981. The predicted molar refractivity (Wildman–Crippen MR) is 125 cm³/mol. The highest BCUT2D eigenvalue weighted by atomic mass is 16.2. The topological polar surface area (TPSA) is 88.5 Å². The third-order valence-electron chi connectivity index (χ3n) is 5.86. The zero-order valence-corrected chi connectivity index (χ0v) is 18.9. The number of hydrogen-bond acceptors (Lipinski definition) is 5. The zero-order valence-electron chi connectivity index (χ0n) is 18.9. The molecule has 0 atom stereocenters. The van der Waals surface area contributed by atoms with Crippen LogP contribution in [0.5, 0.6) is 0 Å². The molecule has 7 nitrogen and oxygen atoms in total. The lowest BCUT2D eigenvalue weighted by Crippen LogP contribution is -2.41. The van der Waals surface area contributed by atoms with Crippen molar-refractivity contribution in [3.05, 3.63) is 64.7 Å². The molecule has 0 spiro atoms. The zero-order chi connectivity index (χ0) is 22.9. The van der Waals surface area contributed by atoms with Gasteiger partial charge < -0.3 is 10.6 Å². The summed E-state index contributed by atoms with van der Waals surface area (Å²) in [6, 6.07) is 15.6. The molecule has 0 bridgehead atoms. The van der Waals surface area contributed by atoms with E-state index in [1.54, 1.807) is 0 Å². The van der Waals surface area contributed by atoms with E-state index >= 15 is 0 Å². The van der Waals surface area contributed by atoms with Crippen LogP contribution in [0.2, 0.25) is 0 Å². The van der Waals surface area contributed by atoms with E-state index in [1.165, 1.54) is 5.56 Å². The lowest BCUT2D eigenvalue weighted by molar-refractivity contribution is -0.125. The molecule has 7 heteroatoms. The summed E-state index contributed by atoms with van der Waals surface area (Å²) < 4.78 is 0. The molecular formula is C25H31N5O2. The predicted octanol–water partition coefficient (Wildman–Crippen LogP) is 2.44. The Kier molecular flexibility index (Phi) is 8.37. The fraction of sp³-hybridized carbons (Fsp3) is 0.400. The van der Waals surface area contributed by atoms with Crippen molar-refractivity contribution in [3.63, 3.8) is 0 Å². The first-order valence-corrected chi connectivity index (χ1v) is 11.0. The van der Waals surface area contributed by atoms with Gasteiger partial charge in [0.25, 0.3) is 0 Å². The van der Waals surface area contributed by atoms with E-state index in [4.69, 9.17) is 5.26 Å². The van der Waals surface area contributed by atoms with Gasteiger partial charge in [-0.2, -0.15) is 5.26 Å². The molecule has 1 heterocycles. The Morgan fingerprint density at radius 3 is 2.44 bits per heavy atom. The van der Waals surface area contributed by atoms with Crippen molar-refractivity contribution in [1.29, 1.82) is 5.26 Å². The Balaban J connectivity index is 1.40. The minimum absolute atomic E-state index is 0.0368. The van der Waals surface area contributed by atoms with Crippen LogP contribution in [0, 0.1) is 25.2 Å². The normalized spacial score (nSPS) is 14.9. The van der Waals surface area contributed by atoms with Crippen LogP contribution >= 0.6 is 0 Å². The average molecular weight is 434 g/mol. The molecule has 2 N–H and O–H groups in total. The summed E-state index contributed by atoms with van der Waals surface area (Å²) >= 11 is 0. The molecule has 1 aliphatic rings. The van der Waals surface area contributed by atoms with E-state index < -0.39 is 0 Å². The van der Waals surface area contributed by atoms with Crippen LogP contribution in [0.3, 0.4) is 0 Å². The van der Waals surface area contributed by atoms with E-state index in [1.807, 2.05) is 56.3 Å². The largest absolute Gasteiger partial charge is 0.346 e. The van der Waals surface area contributed by atoms with Crippen LogP contribution in [0.15, 0.2) is 42.5 Å². The smallest absolute Gasteiger partial charge is 0.243 e. The van der Waals surface area contributed by atoms with Crippen LogP contribution in [0.25, 0.3) is 0 Å². The van der Waals surface area contributed by atoms with E-state index in [9.17, 15) is 9.59 Å². The number of hydrogen-bond donors (Lipinski definition) is 2. The second-order valence-electron chi connectivity index (χ2n) is 8.29. The first-order valence-electron chi connectivity index (χ1n) is 11.0. The maximum absolute atomic E-state index is 12.4. The quantitative estimate of drug-likeness (QED) is 0.700. The molecule has 32 heavy (non-hydrogen) atoms. The van der Waals surface area contributed by atoms with Gasteiger partial charge in [-0.3, -0.25) is 19.4 Å². The molecule has 3 rings (SSSR count). The Hall–Kier alpha value is -3.21. The standard InChI is InChI=1S/C25H31N5O2/c1-19-5-3-6-23(20(19)2)28-24(31)16-27-25(32)18-30-12-4-11-29(13-14-30)17-22-9-7-21(15-26)8-10-22/h3,5-10H,4,11-14,16-18H2,1-2H3,(H,27,32)(H,28,31). The van der Waals surface area contributed by atoms with Crippen LogP contribution in [-0.4, -0.2) is 60.9 Å². The number of rotatable bonds is 7. The SMILES string of the molecule is Cc1cccc(NC(=O)CNC(=O)CN2CCCN(Cc3ccc(C#N)cc3)CC2)c1C. The van der Waals surface area contributed by atoms with Crippen molar-refractivity contribution < 1.29 is 9.59 Å². The summed E-state index contributed by atoms with van der Waals surface area (Å²) in [4.78, 5) is 29.1. The van der Waals surface area contributed by atoms with E-state index in [0.717, 1.165) is 56.0 Å². The Labute approximate surface area is 190 Å². The number of anilines is 1. The third kappa shape index (κ3) is 6.91. The lowest BCUT2D eigenvalue weighted by Gasteiger charge is -2.21. The second kappa shape index (κ2) is 11.4. The van der Waals surface area contributed by atoms with Crippen LogP contribution in [-0.2, 0) is 16.1 Å². The van der Waals surface area contributed by atoms with Crippen molar-refractivity contribution >= 4 is 17.5 Å². The summed E-state index contributed by atoms with van der Waals surface area (Å²) in [5, 5.41) is 14.5. The summed E-state index contributed by atoms with van der Waals surface area (Å²) in [5.41, 5.74) is 4.78. The highest BCUT2D eigenvalue weighted by molar-refractivity contribution is 5.95. The number of carbonyl (C=O) groups excluding carboxylic acids is 2. The van der Waals surface area contributed by atoms with Crippen LogP contribution < -0.4 is 10.6 Å². The van der Waals surface area contributed by atoms with Gasteiger partial charge in [0.2, 0.25) is 11.8 Å². The third-order valence-corrected chi connectivity index (χ3v) is 5.86. The Morgan fingerprint density at radius 1 is 0.969 bits per heavy atom. The average Bonchev–Trinajstić information content (AvgIpc) is 3.01. The number of benzene rings is 2. The molecule has 0 saturated carbocycles. The summed E-state index contributed by atoms with van der Waals surface area (Å²) in [6.45, 7) is 8.56. The summed E-state index contributed by atoms with van der Waals surface area (Å²) in [7, 11) is 0. The van der Waals surface area contributed by atoms with Crippen molar-refractivity contribution in [2.24, 2.45) is 0 Å². The molecule has 0 aromatic heterocycles. The highest BCUT2D eigenvalue weighted by Gasteiger charge is 2.18. The highest BCUT2D eigenvalue weighted by Crippen LogP contribution is 2.17. The lowest BCUT2D eigenvalue weighted by atomic mass is 10.1. The van der Waals surface area contributed by atoms with E-state index in [2.05, 4.69) is 26.5 Å². The van der Waals surface area contributed by atoms with Gasteiger partial charge in [0.15, 0.2) is 0 Å². The molecule has 2 amide bonds.